The van der Waals surface area contributed by atoms with Crippen LogP contribution in [0.2, 0.25) is 0 Å². The first kappa shape index (κ1) is 24.4. The molecule has 31 heavy (non-hydrogen) atoms. The summed E-state index contributed by atoms with van der Waals surface area (Å²) in [5, 5.41) is 2.88. The van der Waals surface area contributed by atoms with Crippen molar-refractivity contribution in [1.82, 2.24) is 10.2 Å². The summed E-state index contributed by atoms with van der Waals surface area (Å²) >= 11 is 0. The van der Waals surface area contributed by atoms with Gasteiger partial charge in [0, 0.05) is 13.1 Å². The highest BCUT2D eigenvalue weighted by molar-refractivity contribution is 5.87. The summed E-state index contributed by atoms with van der Waals surface area (Å²) in [5.41, 5.74) is 1.76. The molecule has 168 valence electrons. The Hall–Kier alpha value is -2.89. The molecule has 0 unspecified atom stereocenters. The van der Waals surface area contributed by atoms with E-state index in [0.717, 1.165) is 24.0 Å². The number of ether oxygens (including phenoxy) is 1. The highest BCUT2D eigenvalue weighted by atomic mass is 19.1. The molecule has 0 aliphatic carbocycles. The lowest BCUT2D eigenvalue weighted by molar-refractivity contribution is -0.142. The lowest BCUT2D eigenvalue weighted by Crippen LogP contribution is -2.49. The quantitative estimate of drug-likeness (QED) is 0.530. The fourth-order valence-corrected chi connectivity index (χ4v) is 3.22. The average Bonchev–Trinajstić information content (AvgIpc) is 2.76. The summed E-state index contributed by atoms with van der Waals surface area (Å²) in [4.78, 5) is 27.2. The van der Waals surface area contributed by atoms with Crippen molar-refractivity contribution in [3.05, 3.63) is 65.5 Å². The molecule has 6 heteroatoms. The van der Waals surface area contributed by atoms with Crippen LogP contribution in [-0.2, 0) is 16.1 Å². The fraction of sp³-hybridized carbons (Fsp3) is 0.440. The van der Waals surface area contributed by atoms with E-state index in [1.54, 1.807) is 19.1 Å². The van der Waals surface area contributed by atoms with E-state index in [4.69, 9.17) is 4.74 Å². The molecule has 1 N–H and O–H groups in total. The van der Waals surface area contributed by atoms with E-state index in [1.165, 1.54) is 17.0 Å². The van der Waals surface area contributed by atoms with Gasteiger partial charge in [0.05, 0.1) is 0 Å². The summed E-state index contributed by atoms with van der Waals surface area (Å²) in [6.45, 7) is 8.45. The van der Waals surface area contributed by atoms with Gasteiger partial charge in [-0.2, -0.15) is 0 Å². The Morgan fingerprint density at radius 2 is 1.74 bits per heavy atom. The summed E-state index contributed by atoms with van der Waals surface area (Å²) in [5.74, 6) is 0.0469. The lowest BCUT2D eigenvalue weighted by atomic mass is 10.0. The molecule has 0 radical (unpaired) electrons. The molecular formula is C25H33FN2O3. The van der Waals surface area contributed by atoms with E-state index in [-0.39, 0.29) is 36.7 Å². The smallest absolute Gasteiger partial charge is 0.261 e. The van der Waals surface area contributed by atoms with Gasteiger partial charge in [0.2, 0.25) is 5.91 Å². The molecule has 0 fully saturated rings. The number of rotatable bonds is 11. The monoisotopic (exact) mass is 428 g/mol. The maximum Gasteiger partial charge on any atom is 0.261 e. The van der Waals surface area contributed by atoms with Gasteiger partial charge in [-0.15, -0.1) is 0 Å². The predicted octanol–water partition coefficient (Wildman–Crippen LogP) is 4.66. The Bertz CT molecular complexity index is 852. The summed E-state index contributed by atoms with van der Waals surface area (Å²) in [6, 6.07) is 12.9. The van der Waals surface area contributed by atoms with Gasteiger partial charge in [-0.05, 0) is 48.6 Å². The number of carbonyl (C=O) groups is 2. The molecule has 1 atom stereocenters. The Kier molecular flexibility index (Phi) is 9.50. The Morgan fingerprint density at radius 1 is 1.06 bits per heavy atom. The maximum absolute atomic E-state index is 13.3. The molecule has 0 spiro atoms. The van der Waals surface area contributed by atoms with Crippen LogP contribution in [0.3, 0.4) is 0 Å². The van der Waals surface area contributed by atoms with Crippen molar-refractivity contribution in [3.8, 4) is 5.75 Å². The van der Waals surface area contributed by atoms with E-state index in [1.807, 2.05) is 31.2 Å². The van der Waals surface area contributed by atoms with Gasteiger partial charge in [-0.3, -0.25) is 9.59 Å². The van der Waals surface area contributed by atoms with E-state index in [9.17, 15) is 14.0 Å². The molecule has 0 aliphatic heterocycles. The Labute approximate surface area is 184 Å². The van der Waals surface area contributed by atoms with Crippen LogP contribution in [0.1, 0.15) is 57.6 Å². The standard InChI is InChI=1S/C25H33FN2O3/c1-5-6-15-27-25(30)19(4)28(16-20-11-13-21(26)14-12-20)24(29)17-31-23-10-8-7-9-22(23)18(2)3/h7-14,18-19H,5-6,15-17H2,1-4H3,(H,27,30)/t19-/m0/s1. The minimum Gasteiger partial charge on any atom is -0.483 e. The van der Waals surface area contributed by atoms with Crippen LogP contribution in [0, 0.1) is 5.82 Å². The second-order valence-corrected chi connectivity index (χ2v) is 7.95. The number of halogens is 1. The fourth-order valence-electron chi connectivity index (χ4n) is 3.22. The topological polar surface area (TPSA) is 58.6 Å². The number of carbonyl (C=O) groups excluding carboxylic acids is 2. The van der Waals surface area contributed by atoms with Crippen molar-refractivity contribution < 1.29 is 18.7 Å². The third kappa shape index (κ3) is 7.39. The number of hydrogen-bond acceptors (Lipinski definition) is 3. The summed E-state index contributed by atoms with van der Waals surface area (Å²) < 4.78 is 19.1. The van der Waals surface area contributed by atoms with Crippen molar-refractivity contribution in [2.75, 3.05) is 13.2 Å². The zero-order chi connectivity index (χ0) is 22.8. The highest BCUT2D eigenvalue weighted by Gasteiger charge is 2.26. The van der Waals surface area contributed by atoms with Crippen LogP contribution in [0.15, 0.2) is 48.5 Å². The molecule has 0 saturated heterocycles. The van der Waals surface area contributed by atoms with Crippen LogP contribution in [0.4, 0.5) is 4.39 Å². The minimum atomic E-state index is -0.682. The van der Waals surface area contributed by atoms with Gasteiger partial charge in [-0.25, -0.2) is 4.39 Å². The minimum absolute atomic E-state index is 0.183. The number of nitrogens with one attached hydrogen (secondary N) is 1. The third-order valence-electron chi connectivity index (χ3n) is 5.16. The number of para-hydroxylation sites is 1. The molecule has 2 rings (SSSR count). The first-order valence-corrected chi connectivity index (χ1v) is 10.9. The van der Waals surface area contributed by atoms with Crippen LogP contribution in [0.25, 0.3) is 0 Å². The number of hydrogen-bond donors (Lipinski definition) is 1. The largest absolute Gasteiger partial charge is 0.483 e. The number of unbranched alkanes of at least 4 members (excludes halogenated alkanes) is 1. The molecule has 2 amide bonds. The Balaban J connectivity index is 2.15. The third-order valence-corrected chi connectivity index (χ3v) is 5.16. The molecule has 0 aromatic heterocycles. The van der Waals surface area contributed by atoms with E-state index >= 15 is 0 Å². The van der Waals surface area contributed by atoms with E-state index in [0.29, 0.717) is 12.3 Å². The normalized spacial score (nSPS) is 11.8. The van der Waals surface area contributed by atoms with Gasteiger partial charge in [-0.1, -0.05) is 57.5 Å². The zero-order valence-corrected chi connectivity index (χ0v) is 18.9. The summed E-state index contributed by atoms with van der Waals surface area (Å²) in [6.07, 6.45) is 1.84. The molecule has 0 bridgehead atoms. The van der Waals surface area contributed by atoms with Crippen molar-refractivity contribution in [2.45, 2.75) is 59.0 Å². The zero-order valence-electron chi connectivity index (χ0n) is 18.9. The molecule has 0 saturated carbocycles. The molecule has 0 heterocycles. The number of nitrogens with zero attached hydrogens (tertiary/aromatic N) is 1. The van der Waals surface area contributed by atoms with Crippen LogP contribution < -0.4 is 10.1 Å². The van der Waals surface area contributed by atoms with Crippen LogP contribution in [0.5, 0.6) is 5.75 Å². The highest BCUT2D eigenvalue weighted by Crippen LogP contribution is 2.26. The molecular weight excluding hydrogens is 395 g/mol. The molecule has 2 aromatic carbocycles. The SMILES string of the molecule is CCCCNC(=O)[C@H](C)N(Cc1ccc(F)cc1)C(=O)COc1ccccc1C(C)C. The van der Waals surface area contributed by atoms with Gasteiger partial charge < -0.3 is 15.0 Å². The van der Waals surface area contributed by atoms with Crippen molar-refractivity contribution >= 4 is 11.8 Å². The first-order chi connectivity index (χ1) is 14.8. The van der Waals surface area contributed by atoms with Gasteiger partial charge in [0.1, 0.15) is 17.6 Å². The van der Waals surface area contributed by atoms with Crippen molar-refractivity contribution in [1.29, 1.82) is 0 Å². The van der Waals surface area contributed by atoms with E-state index < -0.39 is 6.04 Å². The van der Waals surface area contributed by atoms with Crippen molar-refractivity contribution in [3.63, 3.8) is 0 Å². The first-order valence-electron chi connectivity index (χ1n) is 10.9. The molecule has 5 nitrogen and oxygen atoms in total. The second-order valence-electron chi connectivity index (χ2n) is 7.95. The van der Waals surface area contributed by atoms with Crippen molar-refractivity contribution in [2.24, 2.45) is 0 Å². The maximum atomic E-state index is 13.3. The molecule has 2 aromatic rings. The second kappa shape index (κ2) is 12.1. The van der Waals surface area contributed by atoms with Gasteiger partial charge in [0.25, 0.3) is 5.91 Å². The molecule has 0 aliphatic rings. The van der Waals surface area contributed by atoms with Gasteiger partial charge >= 0.3 is 0 Å². The van der Waals surface area contributed by atoms with E-state index in [2.05, 4.69) is 19.2 Å². The lowest BCUT2D eigenvalue weighted by Gasteiger charge is -2.29. The van der Waals surface area contributed by atoms with Crippen LogP contribution in [-0.4, -0.2) is 35.9 Å². The number of benzene rings is 2. The Morgan fingerprint density at radius 3 is 2.39 bits per heavy atom. The van der Waals surface area contributed by atoms with Gasteiger partial charge in [0.15, 0.2) is 6.61 Å². The van der Waals surface area contributed by atoms with Crippen LogP contribution >= 0.6 is 0 Å². The summed E-state index contributed by atoms with van der Waals surface area (Å²) in [7, 11) is 0. The average molecular weight is 429 g/mol. The number of amides is 2. The predicted molar refractivity (Wildman–Crippen MR) is 120 cm³/mol.